The van der Waals surface area contributed by atoms with Gasteiger partial charge >= 0.3 is 0 Å². The van der Waals surface area contributed by atoms with Crippen molar-refractivity contribution in [3.8, 4) is 11.5 Å². The normalized spacial score (nSPS) is 19.5. The standard InChI is InChI=1S/C18H19NO3/c1-12-7-9-14(10-8-12)11-19-18(20)17-13(2)21-15-5-3-4-6-16(15)22-17/h3-10,13,17H,11H2,1-2H3,(H,19,20)/t13-,17-/m0/s1. The fourth-order valence-corrected chi connectivity index (χ4v) is 2.40. The maximum absolute atomic E-state index is 12.3. The fourth-order valence-electron chi connectivity index (χ4n) is 2.40. The van der Waals surface area contributed by atoms with Gasteiger partial charge in [-0.25, -0.2) is 0 Å². The summed E-state index contributed by atoms with van der Waals surface area (Å²) < 4.78 is 11.5. The topological polar surface area (TPSA) is 47.6 Å². The maximum atomic E-state index is 12.3. The molecule has 4 heteroatoms. The van der Waals surface area contributed by atoms with Gasteiger partial charge in [-0.1, -0.05) is 42.0 Å². The van der Waals surface area contributed by atoms with Crippen LogP contribution in [0.15, 0.2) is 48.5 Å². The van der Waals surface area contributed by atoms with Crippen LogP contribution >= 0.6 is 0 Å². The molecule has 22 heavy (non-hydrogen) atoms. The van der Waals surface area contributed by atoms with Crippen LogP contribution in [0.4, 0.5) is 0 Å². The number of para-hydroxylation sites is 2. The van der Waals surface area contributed by atoms with E-state index in [0.29, 0.717) is 18.0 Å². The average molecular weight is 297 g/mol. The lowest BCUT2D eigenvalue weighted by atomic mass is 10.1. The number of aryl methyl sites for hydroxylation is 1. The summed E-state index contributed by atoms with van der Waals surface area (Å²) in [5, 5.41) is 2.91. The zero-order chi connectivity index (χ0) is 15.5. The molecule has 2 atom stereocenters. The van der Waals surface area contributed by atoms with Gasteiger partial charge in [0.2, 0.25) is 6.10 Å². The highest BCUT2D eigenvalue weighted by Gasteiger charge is 2.33. The number of rotatable bonds is 3. The van der Waals surface area contributed by atoms with Crippen LogP contribution in [0.25, 0.3) is 0 Å². The first kappa shape index (κ1) is 14.4. The number of carbonyl (C=O) groups is 1. The minimum absolute atomic E-state index is 0.164. The van der Waals surface area contributed by atoms with Crippen LogP contribution in [0.1, 0.15) is 18.1 Å². The Hall–Kier alpha value is -2.49. The fraction of sp³-hybridized carbons (Fsp3) is 0.278. The first-order valence-electron chi connectivity index (χ1n) is 7.39. The SMILES string of the molecule is Cc1ccc(CNC(=O)[C@H]2Oc3ccccc3O[C@H]2C)cc1. The van der Waals surface area contributed by atoms with Gasteiger partial charge in [-0.05, 0) is 31.5 Å². The van der Waals surface area contributed by atoms with E-state index in [1.165, 1.54) is 5.56 Å². The van der Waals surface area contributed by atoms with Gasteiger partial charge in [-0.2, -0.15) is 0 Å². The lowest BCUT2D eigenvalue weighted by Gasteiger charge is -2.31. The van der Waals surface area contributed by atoms with Gasteiger partial charge in [-0.15, -0.1) is 0 Å². The molecule has 114 valence electrons. The molecule has 0 fully saturated rings. The van der Waals surface area contributed by atoms with Gasteiger partial charge in [0.1, 0.15) is 6.10 Å². The number of amides is 1. The summed E-state index contributed by atoms with van der Waals surface area (Å²) >= 11 is 0. The second kappa shape index (κ2) is 6.10. The van der Waals surface area contributed by atoms with Crippen LogP contribution in [-0.2, 0) is 11.3 Å². The molecule has 1 heterocycles. The molecule has 0 bridgehead atoms. The van der Waals surface area contributed by atoms with E-state index in [1.807, 2.05) is 62.4 Å². The van der Waals surface area contributed by atoms with E-state index in [-0.39, 0.29) is 12.0 Å². The molecule has 1 N–H and O–H groups in total. The van der Waals surface area contributed by atoms with Crippen LogP contribution in [-0.4, -0.2) is 18.1 Å². The Morgan fingerprint density at radius 1 is 1.05 bits per heavy atom. The van der Waals surface area contributed by atoms with Crippen LogP contribution in [0, 0.1) is 6.92 Å². The van der Waals surface area contributed by atoms with E-state index in [4.69, 9.17) is 9.47 Å². The molecule has 1 amide bonds. The Balaban J connectivity index is 1.64. The maximum Gasteiger partial charge on any atom is 0.265 e. The number of carbonyl (C=O) groups excluding carboxylic acids is 1. The third-order valence-electron chi connectivity index (χ3n) is 3.69. The third-order valence-corrected chi connectivity index (χ3v) is 3.69. The van der Waals surface area contributed by atoms with Crippen molar-refractivity contribution < 1.29 is 14.3 Å². The van der Waals surface area contributed by atoms with Gasteiger partial charge in [0.15, 0.2) is 11.5 Å². The summed E-state index contributed by atoms with van der Waals surface area (Å²) in [5.74, 6) is 1.12. The predicted octanol–water partition coefficient (Wildman–Crippen LogP) is 2.84. The molecule has 2 aromatic rings. The monoisotopic (exact) mass is 297 g/mol. The lowest BCUT2D eigenvalue weighted by Crippen LogP contribution is -2.48. The quantitative estimate of drug-likeness (QED) is 0.947. The molecule has 1 aliphatic heterocycles. The van der Waals surface area contributed by atoms with Gasteiger partial charge < -0.3 is 14.8 Å². The van der Waals surface area contributed by atoms with Crippen molar-refractivity contribution in [2.75, 3.05) is 0 Å². The summed E-state index contributed by atoms with van der Waals surface area (Å²) in [7, 11) is 0. The van der Waals surface area contributed by atoms with Crippen LogP contribution in [0.3, 0.4) is 0 Å². The zero-order valence-corrected chi connectivity index (χ0v) is 12.7. The minimum Gasteiger partial charge on any atom is -0.482 e. The first-order valence-corrected chi connectivity index (χ1v) is 7.39. The highest BCUT2D eigenvalue weighted by atomic mass is 16.6. The van der Waals surface area contributed by atoms with E-state index >= 15 is 0 Å². The average Bonchev–Trinajstić information content (AvgIpc) is 2.53. The van der Waals surface area contributed by atoms with E-state index in [9.17, 15) is 4.79 Å². The van der Waals surface area contributed by atoms with Crippen LogP contribution in [0.2, 0.25) is 0 Å². The van der Waals surface area contributed by atoms with Crippen molar-refractivity contribution in [2.24, 2.45) is 0 Å². The van der Waals surface area contributed by atoms with Crippen molar-refractivity contribution in [3.05, 3.63) is 59.7 Å². The van der Waals surface area contributed by atoms with E-state index in [2.05, 4.69) is 5.32 Å². The Morgan fingerprint density at radius 2 is 1.68 bits per heavy atom. The molecule has 4 nitrogen and oxygen atoms in total. The highest BCUT2D eigenvalue weighted by molar-refractivity contribution is 5.82. The highest BCUT2D eigenvalue weighted by Crippen LogP contribution is 2.33. The molecule has 1 aliphatic rings. The summed E-state index contributed by atoms with van der Waals surface area (Å²) in [5.41, 5.74) is 2.26. The third kappa shape index (κ3) is 3.06. The number of nitrogens with one attached hydrogen (secondary N) is 1. The van der Waals surface area contributed by atoms with E-state index in [0.717, 1.165) is 5.56 Å². The van der Waals surface area contributed by atoms with Crippen LogP contribution < -0.4 is 14.8 Å². The molecular weight excluding hydrogens is 278 g/mol. The molecular formula is C18H19NO3. The molecule has 0 aromatic heterocycles. The number of benzene rings is 2. The molecule has 0 saturated heterocycles. The summed E-state index contributed by atoms with van der Waals surface area (Å²) in [6, 6.07) is 15.5. The minimum atomic E-state index is -0.639. The van der Waals surface area contributed by atoms with Gasteiger partial charge in [0.25, 0.3) is 5.91 Å². The molecule has 0 aliphatic carbocycles. The number of hydrogen-bond acceptors (Lipinski definition) is 3. The smallest absolute Gasteiger partial charge is 0.265 e. The summed E-state index contributed by atoms with van der Waals surface area (Å²) in [6.07, 6.45) is -0.965. The second-order valence-corrected chi connectivity index (χ2v) is 5.51. The molecule has 0 unspecified atom stereocenters. The van der Waals surface area contributed by atoms with Crippen molar-refractivity contribution >= 4 is 5.91 Å². The zero-order valence-electron chi connectivity index (χ0n) is 12.7. The molecule has 0 spiro atoms. The second-order valence-electron chi connectivity index (χ2n) is 5.51. The van der Waals surface area contributed by atoms with Crippen molar-refractivity contribution in [1.29, 1.82) is 0 Å². The van der Waals surface area contributed by atoms with Crippen molar-refractivity contribution in [3.63, 3.8) is 0 Å². The number of hydrogen-bond donors (Lipinski definition) is 1. The lowest BCUT2D eigenvalue weighted by molar-refractivity contribution is -0.133. The Bertz CT molecular complexity index is 666. The first-order chi connectivity index (χ1) is 10.6. The Morgan fingerprint density at radius 3 is 2.36 bits per heavy atom. The van der Waals surface area contributed by atoms with Gasteiger partial charge in [0.05, 0.1) is 0 Å². The Kier molecular flexibility index (Phi) is 4.00. The molecule has 2 aromatic carbocycles. The van der Waals surface area contributed by atoms with Gasteiger partial charge in [-0.3, -0.25) is 4.79 Å². The molecule has 3 rings (SSSR count). The molecule has 0 saturated carbocycles. The molecule has 0 radical (unpaired) electrons. The Labute approximate surface area is 130 Å². The summed E-state index contributed by atoms with van der Waals surface area (Å²) in [4.78, 5) is 12.3. The number of ether oxygens (including phenoxy) is 2. The summed E-state index contributed by atoms with van der Waals surface area (Å²) in [6.45, 7) is 4.36. The number of fused-ring (bicyclic) bond motifs is 1. The van der Waals surface area contributed by atoms with Crippen LogP contribution in [0.5, 0.6) is 11.5 Å². The van der Waals surface area contributed by atoms with E-state index in [1.54, 1.807) is 0 Å². The van der Waals surface area contributed by atoms with Crippen molar-refractivity contribution in [2.45, 2.75) is 32.6 Å². The van der Waals surface area contributed by atoms with E-state index < -0.39 is 6.10 Å². The predicted molar refractivity (Wildman–Crippen MR) is 84.0 cm³/mol. The van der Waals surface area contributed by atoms with Gasteiger partial charge in [0, 0.05) is 6.54 Å². The van der Waals surface area contributed by atoms with Crippen molar-refractivity contribution in [1.82, 2.24) is 5.32 Å². The largest absolute Gasteiger partial charge is 0.482 e.